The van der Waals surface area contributed by atoms with E-state index in [1.807, 2.05) is 37.4 Å². The zero-order valence-corrected chi connectivity index (χ0v) is 9.13. The first-order chi connectivity index (χ1) is 7.81. The number of nitrogens with zero attached hydrogens (tertiary/aromatic N) is 2. The van der Waals surface area contributed by atoms with Gasteiger partial charge >= 0.3 is 0 Å². The molecule has 0 saturated heterocycles. The Balaban J connectivity index is 2.20. The SMILES string of the molecule is CN(CCO)c1ncc(-c2ccccc2)o1. The van der Waals surface area contributed by atoms with E-state index in [1.165, 1.54) is 0 Å². The number of aromatic nitrogens is 1. The fourth-order valence-electron chi connectivity index (χ4n) is 1.42. The predicted molar refractivity (Wildman–Crippen MR) is 62.3 cm³/mol. The number of aliphatic hydroxyl groups is 1. The monoisotopic (exact) mass is 218 g/mol. The summed E-state index contributed by atoms with van der Waals surface area (Å²) in [4.78, 5) is 5.93. The molecule has 2 rings (SSSR count). The van der Waals surface area contributed by atoms with Crippen molar-refractivity contribution in [3.63, 3.8) is 0 Å². The third-order valence-electron chi connectivity index (χ3n) is 2.31. The number of benzene rings is 1. The molecular weight excluding hydrogens is 204 g/mol. The van der Waals surface area contributed by atoms with E-state index < -0.39 is 0 Å². The van der Waals surface area contributed by atoms with Crippen LogP contribution in [0.2, 0.25) is 0 Å². The van der Waals surface area contributed by atoms with Crippen LogP contribution in [0.3, 0.4) is 0 Å². The highest BCUT2D eigenvalue weighted by molar-refractivity contribution is 5.57. The number of likely N-dealkylation sites (N-methyl/N-ethyl adjacent to an activating group) is 1. The van der Waals surface area contributed by atoms with Gasteiger partial charge in [0, 0.05) is 19.2 Å². The van der Waals surface area contributed by atoms with Crippen molar-refractivity contribution in [3.8, 4) is 11.3 Å². The van der Waals surface area contributed by atoms with Crippen molar-refractivity contribution in [2.75, 3.05) is 25.1 Å². The molecule has 0 aliphatic heterocycles. The molecule has 0 aliphatic rings. The second kappa shape index (κ2) is 4.81. The molecule has 1 aromatic heterocycles. The predicted octanol–water partition coefficient (Wildman–Crippen LogP) is 1.77. The van der Waals surface area contributed by atoms with Gasteiger partial charge in [0.05, 0.1) is 12.8 Å². The Morgan fingerprint density at radius 3 is 2.75 bits per heavy atom. The summed E-state index contributed by atoms with van der Waals surface area (Å²) in [5.41, 5.74) is 0.999. The minimum absolute atomic E-state index is 0.0829. The van der Waals surface area contributed by atoms with Gasteiger partial charge in [-0.3, -0.25) is 0 Å². The molecule has 1 aromatic carbocycles. The van der Waals surface area contributed by atoms with Gasteiger partial charge in [0.25, 0.3) is 6.01 Å². The van der Waals surface area contributed by atoms with Gasteiger partial charge < -0.3 is 14.4 Å². The Hall–Kier alpha value is -1.81. The van der Waals surface area contributed by atoms with Crippen LogP contribution in [0.5, 0.6) is 0 Å². The number of rotatable bonds is 4. The number of hydrogen-bond donors (Lipinski definition) is 1. The fourth-order valence-corrected chi connectivity index (χ4v) is 1.42. The molecule has 1 N–H and O–H groups in total. The molecule has 2 aromatic rings. The first-order valence-corrected chi connectivity index (χ1v) is 5.14. The molecule has 4 heteroatoms. The van der Waals surface area contributed by atoms with Crippen molar-refractivity contribution in [3.05, 3.63) is 36.5 Å². The second-order valence-corrected chi connectivity index (χ2v) is 3.52. The van der Waals surface area contributed by atoms with Crippen molar-refractivity contribution in [1.82, 2.24) is 4.98 Å². The molecule has 0 fully saturated rings. The van der Waals surface area contributed by atoms with E-state index in [1.54, 1.807) is 11.1 Å². The maximum absolute atomic E-state index is 8.81. The lowest BCUT2D eigenvalue weighted by Crippen LogP contribution is -2.21. The van der Waals surface area contributed by atoms with Gasteiger partial charge in [0.2, 0.25) is 0 Å². The molecule has 0 spiro atoms. The molecule has 1 heterocycles. The average molecular weight is 218 g/mol. The van der Waals surface area contributed by atoms with E-state index in [9.17, 15) is 0 Å². The van der Waals surface area contributed by atoms with Gasteiger partial charge in [0.15, 0.2) is 5.76 Å². The highest BCUT2D eigenvalue weighted by Crippen LogP contribution is 2.23. The van der Waals surface area contributed by atoms with Crippen LogP contribution in [0.4, 0.5) is 6.01 Å². The van der Waals surface area contributed by atoms with Gasteiger partial charge in [-0.15, -0.1) is 0 Å². The molecule has 0 radical (unpaired) electrons. The van der Waals surface area contributed by atoms with Crippen molar-refractivity contribution >= 4 is 6.01 Å². The topological polar surface area (TPSA) is 49.5 Å². The maximum atomic E-state index is 8.81. The average Bonchev–Trinajstić information content (AvgIpc) is 2.80. The van der Waals surface area contributed by atoms with Gasteiger partial charge in [-0.1, -0.05) is 30.3 Å². The summed E-state index contributed by atoms with van der Waals surface area (Å²) in [6.45, 7) is 0.592. The first-order valence-electron chi connectivity index (χ1n) is 5.14. The smallest absolute Gasteiger partial charge is 0.297 e. The van der Waals surface area contributed by atoms with E-state index in [-0.39, 0.29) is 6.61 Å². The van der Waals surface area contributed by atoms with Crippen molar-refractivity contribution in [2.24, 2.45) is 0 Å². The lowest BCUT2D eigenvalue weighted by Gasteiger charge is -2.11. The third kappa shape index (κ3) is 2.23. The number of aliphatic hydroxyl groups excluding tert-OH is 1. The van der Waals surface area contributed by atoms with Crippen molar-refractivity contribution in [2.45, 2.75) is 0 Å². The summed E-state index contributed by atoms with van der Waals surface area (Å²) in [6, 6.07) is 10.3. The summed E-state index contributed by atoms with van der Waals surface area (Å²) < 4.78 is 5.59. The Labute approximate surface area is 94.2 Å². The summed E-state index contributed by atoms with van der Waals surface area (Å²) in [6.07, 6.45) is 1.69. The zero-order valence-electron chi connectivity index (χ0n) is 9.13. The van der Waals surface area contributed by atoms with Crippen molar-refractivity contribution < 1.29 is 9.52 Å². The largest absolute Gasteiger partial charge is 0.423 e. The standard InChI is InChI=1S/C12H14N2O2/c1-14(7-8-15)12-13-9-11(16-12)10-5-3-2-4-6-10/h2-6,9,15H,7-8H2,1H3. The third-order valence-corrected chi connectivity index (χ3v) is 2.31. The van der Waals surface area contributed by atoms with Crippen LogP contribution in [0.1, 0.15) is 0 Å². The Bertz CT molecular complexity index is 439. The molecule has 84 valence electrons. The Morgan fingerprint density at radius 1 is 1.31 bits per heavy atom. The molecule has 0 amide bonds. The van der Waals surface area contributed by atoms with Crippen LogP contribution < -0.4 is 4.90 Å². The highest BCUT2D eigenvalue weighted by atomic mass is 16.4. The summed E-state index contributed by atoms with van der Waals surface area (Å²) >= 11 is 0. The van der Waals surface area contributed by atoms with Gasteiger partial charge in [-0.05, 0) is 0 Å². The zero-order chi connectivity index (χ0) is 11.4. The molecule has 4 nitrogen and oxygen atoms in total. The molecule has 0 saturated carbocycles. The van der Waals surface area contributed by atoms with Crippen LogP contribution in [0.15, 0.2) is 40.9 Å². The van der Waals surface area contributed by atoms with Crippen LogP contribution in [-0.2, 0) is 0 Å². The van der Waals surface area contributed by atoms with E-state index in [4.69, 9.17) is 9.52 Å². The van der Waals surface area contributed by atoms with Crippen LogP contribution in [0, 0.1) is 0 Å². The molecule has 0 unspecified atom stereocenters. The number of oxazole rings is 1. The summed E-state index contributed by atoms with van der Waals surface area (Å²) in [5.74, 6) is 0.736. The molecular formula is C12H14N2O2. The van der Waals surface area contributed by atoms with E-state index in [2.05, 4.69) is 4.98 Å². The summed E-state index contributed by atoms with van der Waals surface area (Å²) in [5, 5.41) is 8.81. The lowest BCUT2D eigenvalue weighted by atomic mass is 10.2. The van der Waals surface area contributed by atoms with Crippen LogP contribution >= 0.6 is 0 Å². The van der Waals surface area contributed by atoms with Crippen molar-refractivity contribution in [1.29, 1.82) is 0 Å². The molecule has 0 bridgehead atoms. The van der Waals surface area contributed by atoms with Crippen LogP contribution in [-0.4, -0.2) is 30.3 Å². The first kappa shape index (κ1) is 10.7. The Morgan fingerprint density at radius 2 is 2.06 bits per heavy atom. The fraction of sp³-hybridized carbons (Fsp3) is 0.250. The minimum atomic E-state index is 0.0829. The van der Waals surface area contributed by atoms with E-state index >= 15 is 0 Å². The molecule has 16 heavy (non-hydrogen) atoms. The highest BCUT2D eigenvalue weighted by Gasteiger charge is 2.09. The minimum Gasteiger partial charge on any atom is -0.423 e. The number of anilines is 1. The quantitative estimate of drug-likeness (QED) is 0.849. The number of hydrogen-bond acceptors (Lipinski definition) is 4. The van der Waals surface area contributed by atoms with E-state index in [0.29, 0.717) is 12.6 Å². The normalized spacial score (nSPS) is 10.4. The second-order valence-electron chi connectivity index (χ2n) is 3.52. The van der Waals surface area contributed by atoms with E-state index in [0.717, 1.165) is 11.3 Å². The lowest BCUT2D eigenvalue weighted by molar-refractivity contribution is 0.301. The van der Waals surface area contributed by atoms with Gasteiger partial charge in [-0.2, -0.15) is 0 Å². The van der Waals surface area contributed by atoms with Crippen LogP contribution in [0.25, 0.3) is 11.3 Å². The van der Waals surface area contributed by atoms with Gasteiger partial charge in [-0.25, -0.2) is 4.98 Å². The summed E-state index contributed by atoms with van der Waals surface area (Å²) in [7, 11) is 1.83. The maximum Gasteiger partial charge on any atom is 0.297 e. The molecule has 0 aliphatic carbocycles. The van der Waals surface area contributed by atoms with Gasteiger partial charge in [0.1, 0.15) is 0 Å². The molecule has 0 atom stereocenters. The Kier molecular flexibility index (Phi) is 3.22.